The van der Waals surface area contributed by atoms with E-state index in [0.29, 0.717) is 19.5 Å². The Morgan fingerprint density at radius 1 is 1.24 bits per heavy atom. The first-order valence-corrected chi connectivity index (χ1v) is 10.2. The molecule has 0 N–H and O–H groups in total. The van der Waals surface area contributed by atoms with E-state index < -0.39 is 11.0 Å². The van der Waals surface area contributed by atoms with Gasteiger partial charge in [0, 0.05) is 24.2 Å². The summed E-state index contributed by atoms with van der Waals surface area (Å²) in [5.41, 5.74) is 1.76. The number of carbonyl (C=O) groups is 2. The van der Waals surface area contributed by atoms with E-state index >= 15 is 0 Å². The van der Waals surface area contributed by atoms with Crippen molar-refractivity contribution in [2.45, 2.75) is 45.6 Å². The molecule has 1 aliphatic carbocycles. The Morgan fingerprint density at radius 2 is 2.00 bits per heavy atom. The zero-order valence-electron chi connectivity index (χ0n) is 17.5. The summed E-state index contributed by atoms with van der Waals surface area (Å²) in [6.07, 6.45) is 1.60. The lowest BCUT2D eigenvalue weighted by Crippen LogP contribution is -2.58. The number of pyridine rings is 1. The van der Waals surface area contributed by atoms with Crippen LogP contribution < -0.4 is 0 Å². The zero-order valence-corrected chi connectivity index (χ0v) is 17.5. The van der Waals surface area contributed by atoms with Crippen molar-refractivity contribution in [3.05, 3.63) is 41.6 Å². The first-order valence-electron chi connectivity index (χ1n) is 10.2. The maximum atomic E-state index is 13.0. The number of carbonyl (C=O) groups excluding carboxylic acids is 2. The van der Waals surface area contributed by atoms with Gasteiger partial charge in [0.25, 0.3) is 0 Å². The normalized spacial score (nSPS) is 23.9. The number of aromatic nitrogens is 1. The molecule has 4 rings (SSSR count). The number of amides is 1. The number of esters is 1. The second-order valence-electron chi connectivity index (χ2n) is 9.20. The lowest BCUT2D eigenvalue weighted by Gasteiger charge is -2.48. The van der Waals surface area contributed by atoms with Crippen molar-refractivity contribution in [2.24, 2.45) is 11.3 Å². The Balaban J connectivity index is 1.70. The number of rotatable bonds is 1. The lowest BCUT2D eigenvalue weighted by atomic mass is 9.62. The molecule has 1 aliphatic heterocycles. The molecule has 1 fully saturated rings. The largest absolute Gasteiger partial charge is 0.469 e. The highest BCUT2D eigenvalue weighted by molar-refractivity contribution is 5.82. The van der Waals surface area contributed by atoms with Crippen LogP contribution in [0, 0.1) is 11.3 Å². The van der Waals surface area contributed by atoms with Gasteiger partial charge >= 0.3 is 12.1 Å². The van der Waals surface area contributed by atoms with E-state index in [0.717, 1.165) is 35.0 Å². The van der Waals surface area contributed by atoms with Gasteiger partial charge in [-0.1, -0.05) is 18.2 Å². The minimum Gasteiger partial charge on any atom is -0.469 e. The summed E-state index contributed by atoms with van der Waals surface area (Å²) in [6, 6.07) is 10.2. The first-order chi connectivity index (χ1) is 13.7. The lowest BCUT2D eigenvalue weighted by molar-refractivity contribution is -0.161. The van der Waals surface area contributed by atoms with Crippen molar-refractivity contribution in [2.75, 3.05) is 20.2 Å². The van der Waals surface area contributed by atoms with Gasteiger partial charge in [-0.25, -0.2) is 4.79 Å². The van der Waals surface area contributed by atoms with E-state index in [1.807, 2.05) is 45.0 Å². The number of fused-ring (bicyclic) bond motifs is 3. The summed E-state index contributed by atoms with van der Waals surface area (Å²) in [7, 11) is 1.43. The number of para-hydroxylation sites is 1. The number of hydrogen-bond acceptors (Lipinski definition) is 5. The molecule has 1 amide bonds. The summed E-state index contributed by atoms with van der Waals surface area (Å²) in [4.78, 5) is 32.3. The van der Waals surface area contributed by atoms with Gasteiger partial charge in [0.2, 0.25) is 0 Å². The Labute approximate surface area is 171 Å². The highest BCUT2D eigenvalue weighted by Crippen LogP contribution is 2.46. The Kier molecular flexibility index (Phi) is 4.75. The molecular formula is C23H28N2O4. The van der Waals surface area contributed by atoms with Gasteiger partial charge in [0.15, 0.2) is 0 Å². The molecule has 6 nitrogen and oxygen atoms in total. The molecule has 2 atom stereocenters. The molecular weight excluding hydrogens is 368 g/mol. The fourth-order valence-electron chi connectivity index (χ4n) is 4.73. The monoisotopic (exact) mass is 396 g/mol. The van der Waals surface area contributed by atoms with Crippen molar-refractivity contribution in [1.29, 1.82) is 0 Å². The highest BCUT2D eigenvalue weighted by Gasteiger charge is 2.54. The predicted molar refractivity (Wildman–Crippen MR) is 110 cm³/mol. The maximum absolute atomic E-state index is 13.0. The number of hydrogen-bond donors (Lipinski definition) is 0. The fraction of sp³-hybridized carbons (Fsp3) is 0.522. The molecule has 0 saturated carbocycles. The molecule has 1 saturated heterocycles. The van der Waals surface area contributed by atoms with E-state index in [-0.39, 0.29) is 18.0 Å². The quantitative estimate of drug-likeness (QED) is 0.687. The van der Waals surface area contributed by atoms with Gasteiger partial charge in [-0.2, -0.15) is 0 Å². The van der Waals surface area contributed by atoms with Crippen molar-refractivity contribution in [3.8, 4) is 0 Å². The highest BCUT2D eigenvalue weighted by atomic mass is 16.6. The molecule has 0 radical (unpaired) electrons. The second-order valence-corrected chi connectivity index (χ2v) is 9.20. The summed E-state index contributed by atoms with van der Waals surface area (Å²) in [5.74, 6) is -0.163. The van der Waals surface area contributed by atoms with Crippen LogP contribution >= 0.6 is 0 Å². The third-order valence-corrected chi connectivity index (χ3v) is 6.08. The molecule has 0 bridgehead atoms. The molecule has 6 heteroatoms. The Morgan fingerprint density at radius 3 is 2.72 bits per heavy atom. The van der Waals surface area contributed by atoms with Crippen LogP contribution in [-0.2, 0) is 27.1 Å². The van der Waals surface area contributed by atoms with Crippen LogP contribution in [0.2, 0.25) is 0 Å². The van der Waals surface area contributed by atoms with E-state index in [4.69, 9.17) is 14.5 Å². The van der Waals surface area contributed by atoms with Crippen LogP contribution in [0.15, 0.2) is 30.3 Å². The molecule has 2 heterocycles. The van der Waals surface area contributed by atoms with Crippen LogP contribution in [0.1, 0.15) is 38.4 Å². The zero-order chi connectivity index (χ0) is 20.8. The fourth-order valence-corrected chi connectivity index (χ4v) is 4.73. The van der Waals surface area contributed by atoms with E-state index in [2.05, 4.69) is 6.07 Å². The van der Waals surface area contributed by atoms with Crippen molar-refractivity contribution in [1.82, 2.24) is 9.88 Å². The molecule has 2 aromatic rings. The number of likely N-dealkylation sites (tertiary alicyclic amines) is 1. The third kappa shape index (κ3) is 3.56. The number of nitrogens with zero attached hydrogens (tertiary/aromatic N) is 2. The molecule has 1 aromatic heterocycles. The number of benzene rings is 1. The smallest absolute Gasteiger partial charge is 0.410 e. The van der Waals surface area contributed by atoms with E-state index in [1.54, 1.807) is 4.90 Å². The SMILES string of the molecule is COC(=O)[C@]12Cc3cc4ccccc4nc3C[C@@H]1CCN(C(=O)OC(C)(C)C)C2. The minimum absolute atomic E-state index is 0.0924. The third-order valence-electron chi connectivity index (χ3n) is 6.08. The van der Waals surface area contributed by atoms with Crippen LogP contribution in [0.3, 0.4) is 0 Å². The van der Waals surface area contributed by atoms with Crippen LogP contribution in [0.5, 0.6) is 0 Å². The van der Waals surface area contributed by atoms with Gasteiger partial charge < -0.3 is 14.4 Å². The first kappa shape index (κ1) is 19.7. The molecule has 1 aromatic carbocycles. The van der Waals surface area contributed by atoms with Gasteiger partial charge in [-0.15, -0.1) is 0 Å². The van der Waals surface area contributed by atoms with Crippen molar-refractivity contribution < 1.29 is 19.1 Å². The maximum Gasteiger partial charge on any atom is 0.410 e. The molecule has 0 unspecified atom stereocenters. The average Bonchev–Trinajstić information content (AvgIpc) is 2.68. The molecule has 2 aliphatic rings. The summed E-state index contributed by atoms with van der Waals surface area (Å²) in [6.45, 7) is 6.43. The topological polar surface area (TPSA) is 68.7 Å². The van der Waals surface area contributed by atoms with E-state index in [1.165, 1.54) is 7.11 Å². The molecule has 0 spiro atoms. The number of ether oxygens (including phenoxy) is 2. The number of piperidine rings is 1. The van der Waals surface area contributed by atoms with Gasteiger partial charge in [0.1, 0.15) is 5.60 Å². The van der Waals surface area contributed by atoms with Crippen LogP contribution in [0.25, 0.3) is 10.9 Å². The van der Waals surface area contributed by atoms with Gasteiger partial charge in [0.05, 0.1) is 18.0 Å². The van der Waals surface area contributed by atoms with E-state index in [9.17, 15) is 9.59 Å². The summed E-state index contributed by atoms with van der Waals surface area (Å²) in [5, 5.41) is 1.06. The van der Waals surface area contributed by atoms with Gasteiger partial charge in [-0.05, 0) is 63.6 Å². The molecule has 29 heavy (non-hydrogen) atoms. The molecule has 154 valence electrons. The standard InChI is InChI=1S/C23H28N2O4/c1-22(2,3)29-21(27)25-10-9-17-12-19-16(13-23(17,14-25)20(26)28-4)11-15-7-5-6-8-18(15)24-19/h5-8,11,17H,9-10,12-14H2,1-4H3/t17-,23-/m0/s1. The Hall–Kier alpha value is -2.63. The van der Waals surface area contributed by atoms with Crippen LogP contribution in [0.4, 0.5) is 4.79 Å². The average molecular weight is 396 g/mol. The summed E-state index contributed by atoms with van der Waals surface area (Å²) < 4.78 is 10.8. The Bertz CT molecular complexity index is 965. The van der Waals surface area contributed by atoms with Crippen molar-refractivity contribution >= 4 is 23.0 Å². The predicted octanol–water partition coefficient (Wildman–Crippen LogP) is 3.75. The second kappa shape index (κ2) is 7.01. The minimum atomic E-state index is -0.763. The number of methoxy groups -OCH3 is 1. The van der Waals surface area contributed by atoms with Crippen LogP contribution in [-0.4, -0.2) is 47.7 Å². The summed E-state index contributed by atoms with van der Waals surface area (Å²) >= 11 is 0. The van der Waals surface area contributed by atoms with Gasteiger partial charge in [-0.3, -0.25) is 9.78 Å². The van der Waals surface area contributed by atoms with Crippen molar-refractivity contribution in [3.63, 3.8) is 0 Å².